The number of anilines is 1. The largest absolute Gasteiger partial charge is 0.365 e. The number of morpholine rings is 1. The van der Waals surface area contributed by atoms with Gasteiger partial charge in [-0.05, 0) is 19.1 Å². The lowest BCUT2D eigenvalue weighted by atomic mass is 10.2. The number of carbonyl (C=O) groups excluding carboxylic acids is 2. The zero-order chi connectivity index (χ0) is 17.6. The van der Waals surface area contributed by atoms with Crippen LogP contribution in [0.5, 0.6) is 0 Å². The van der Waals surface area contributed by atoms with E-state index in [2.05, 4.69) is 10.3 Å². The van der Waals surface area contributed by atoms with Crippen LogP contribution in [0.2, 0.25) is 0 Å². The first-order valence-corrected chi connectivity index (χ1v) is 8.36. The number of nitrogens with one attached hydrogen (secondary N) is 1. The van der Waals surface area contributed by atoms with Crippen LogP contribution < -0.4 is 5.32 Å². The molecule has 0 unspecified atom stereocenters. The standard InChI is InChI=1S/C18H22N4O3/c1-14-19-8-10-21(14)9-7-17(23)22-11-12-25-16(13-22)18(24)20-15-5-3-2-4-6-15/h2-6,8,10,16H,7,9,11-13H2,1H3,(H,20,24)/t16-/m0/s1. The van der Waals surface area contributed by atoms with Crippen molar-refractivity contribution in [2.24, 2.45) is 0 Å². The SMILES string of the molecule is Cc1nccn1CCC(=O)N1CCO[C@H](C(=O)Nc2ccccc2)C1. The van der Waals surface area contributed by atoms with Gasteiger partial charge in [0.05, 0.1) is 13.2 Å². The van der Waals surface area contributed by atoms with Crippen molar-refractivity contribution in [1.82, 2.24) is 14.5 Å². The monoisotopic (exact) mass is 342 g/mol. The van der Waals surface area contributed by atoms with Gasteiger partial charge in [0.25, 0.3) is 5.91 Å². The Hall–Kier alpha value is -2.67. The molecule has 1 aliphatic rings. The van der Waals surface area contributed by atoms with E-state index >= 15 is 0 Å². The van der Waals surface area contributed by atoms with E-state index in [4.69, 9.17) is 4.74 Å². The molecule has 1 N–H and O–H groups in total. The van der Waals surface area contributed by atoms with Gasteiger partial charge in [0.15, 0.2) is 6.10 Å². The lowest BCUT2D eigenvalue weighted by Gasteiger charge is -2.32. The third-order valence-corrected chi connectivity index (χ3v) is 4.24. The van der Waals surface area contributed by atoms with Crippen LogP contribution in [0.3, 0.4) is 0 Å². The lowest BCUT2D eigenvalue weighted by molar-refractivity contribution is -0.144. The molecule has 2 heterocycles. The number of hydrogen-bond donors (Lipinski definition) is 1. The highest BCUT2D eigenvalue weighted by Crippen LogP contribution is 2.12. The fourth-order valence-corrected chi connectivity index (χ4v) is 2.79. The Morgan fingerprint density at radius 3 is 2.84 bits per heavy atom. The summed E-state index contributed by atoms with van der Waals surface area (Å²) >= 11 is 0. The van der Waals surface area contributed by atoms with E-state index in [0.717, 1.165) is 11.5 Å². The minimum Gasteiger partial charge on any atom is -0.365 e. The maximum atomic E-state index is 12.4. The van der Waals surface area contributed by atoms with Gasteiger partial charge in [-0.15, -0.1) is 0 Å². The highest BCUT2D eigenvalue weighted by molar-refractivity contribution is 5.94. The first-order chi connectivity index (χ1) is 12.1. The number of ether oxygens (including phenoxy) is 1. The summed E-state index contributed by atoms with van der Waals surface area (Å²) in [6.07, 6.45) is 3.31. The lowest BCUT2D eigenvalue weighted by Crippen LogP contribution is -2.50. The normalized spacial score (nSPS) is 17.3. The Labute approximate surface area is 146 Å². The number of hydrogen-bond acceptors (Lipinski definition) is 4. The second kappa shape index (κ2) is 7.94. The van der Waals surface area contributed by atoms with Gasteiger partial charge in [-0.25, -0.2) is 4.98 Å². The van der Waals surface area contributed by atoms with Crippen molar-refractivity contribution in [3.8, 4) is 0 Å². The molecule has 132 valence electrons. The number of amides is 2. The molecule has 2 aromatic rings. The van der Waals surface area contributed by atoms with E-state index in [9.17, 15) is 9.59 Å². The molecule has 0 spiro atoms. The summed E-state index contributed by atoms with van der Waals surface area (Å²) in [5, 5.41) is 2.82. The van der Waals surface area contributed by atoms with E-state index < -0.39 is 6.10 Å². The van der Waals surface area contributed by atoms with Crippen LogP contribution in [0.25, 0.3) is 0 Å². The minimum absolute atomic E-state index is 0.0221. The topological polar surface area (TPSA) is 76.5 Å². The molecule has 0 aliphatic carbocycles. The Balaban J connectivity index is 1.52. The number of para-hydroxylation sites is 1. The first-order valence-electron chi connectivity index (χ1n) is 8.36. The number of aryl methyl sites for hydroxylation is 2. The van der Waals surface area contributed by atoms with Crippen molar-refractivity contribution in [1.29, 1.82) is 0 Å². The third-order valence-electron chi connectivity index (χ3n) is 4.24. The molecule has 7 nitrogen and oxygen atoms in total. The van der Waals surface area contributed by atoms with Crippen molar-refractivity contribution >= 4 is 17.5 Å². The Morgan fingerprint density at radius 2 is 2.12 bits per heavy atom. The summed E-state index contributed by atoms with van der Waals surface area (Å²) in [7, 11) is 0. The Morgan fingerprint density at radius 1 is 1.32 bits per heavy atom. The van der Waals surface area contributed by atoms with Crippen LogP contribution in [0.15, 0.2) is 42.7 Å². The van der Waals surface area contributed by atoms with Gasteiger partial charge < -0.3 is 19.5 Å². The molecule has 1 saturated heterocycles. The van der Waals surface area contributed by atoms with E-state index in [0.29, 0.717) is 26.1 Å². The summed E-state index contributed by atoms with van der Waals surface area (Å²) in [4.78, 5) is 30.6. The predicted octanol–water partition coefficient (Wildman–Crippen LogP) is 1.45. The number of aromatic nitrogens is 2. The van der Waals surface area contributed by atoms with Crippen molar-refractivity contribution < 1.29 is 14.3 Å². The van der Waals surface area contributed by atoms with Gasteiger partial charge in [0, 0.05) is 37.6 Å². The molecule has 2 amide bonds. The van der Waals surface area contributed by atoms with Crippen LogP contribution in [-0.2, 0) is 20.9 Å². The molecule has 0 saturated carbocycles. The number of benzene rings is 1. The average molecular weight is 342 g/mol. The van der Waals surface area contributed by atoms with Gasteiger partial charge in [-0.1, -0.05) is 18.2 Å². The molecular weight excluding hydrogens is 320 g/mol. The van der Waals surface area contributed by atoms with Crippen LogP contribution >= 0.6 is 0 Å². The Bertz CT molecular complexity index is 729. The van der Waals surface area contributed by atoms with Crippen molar-refractivity contribution in [2.45, 2.75) is 26.0 Å². The summed E-state index contributed by atoms with van der Waals surface area (Å²) in [5.74, 6) is 0.679. The van der Waals surface area contributed by atoms with Gasteiger partial charge in [-0.3, -0.25) is 9.59 Å². The molecule has 7 heteroatoms. The van der Waals surface area contributed by atoms with Crippen LogP contribution in [0, 0.1) is 6.92 Å². The highest BCUT2D eigenvalue weighted by atomic mass is 16.5. The summed E-state index contributed by atoms with van der Waals surface area (Å²) < 4.78 is 7.48. The minimum atomic E-state index is -0.645. The number of imidazole rings is 1. The van der Waals surface area contributed by atoms with Crippen molar-refractivity contribution in [2.75, 3.05) is 25.0 Å². The molecule has 0 radical (unpaired) electrons. The first kappa shape index (κ1) is 17.2. The van der Waals surface area contributed by atoms with Crippen LogP contribution in [0.1, 0.15) is 12.2 Å². The zero-order valence-corrected chi connectivity index (χ0v) is 14.2. The van der Waals surface area contributed by atoms with Gasteiger partial charge in [0.1, 0.15) is 5.82 Å². The fourth-order valence-electron chi connectivity index (χ4n) is 2.79. The maximum absolute atomic E-state index is 12.4. The quantitative estimate of drug-likeness (QED) is 0.892. The van der Waals surface area contributed by atoms with Crippen molar-refractivity contribution in [3.05, 3.63) is 48.5 Å². The molecule has 1 atom stereocenters. The number of carbonyl (C=O) groups is 2. The summed E-state index contributed by atoms with van der Waals surface area (Å²) in [5.41, 5.74) is 0.718. The molecule has 1 fully saturated rings. The van der Waals surface area contributed by atoms with Gasteiger partial charge >= 0.3 is 0 Å². The summed E-state index contributed by atoms with van der Waals surface area (Å²) in [6.45, 7) is 3.64. The van der Waals surface area contributed by atoms with Crippen LogP contribution in [-0.4, -0.2) is 52.1 Å². The average Bonchev–Trinajstić information content (AvgIpc) is 3.05. The molecule has 3 rings (SSSR count). The summed E-state index contributed by atoms with van der Waals surface area (Å²) in [6, 6.07) is 9.22. The third kappa shape index (κ3) is 4.45. The predicted molar refractivity (Wildman–Crippen MR) is 93.0 cm³/mol. The van der Waals surface area contributed by atoms with E-state index in [1.165, 1.54) is 0 Å². The highest BCUT2D eigenvalue weighted by Gasteiger charge is 2.29. The van der Waals surface area contributed by atoms with E-state index in [1.54, 1.807) is 11.1 Å². The van der Waals surface area contributed by atoms with E-state index in [1.807, 2.05) is 48.0 Å². The molecular formula is C18H22N4O3. The second-order valence-electron chi connectivity index (χ2n) is 5.97. The van der Waals surface area contributed by atoms with Gasteiger partial charge in [0.2, 0.25) is 5.91 Å². The zero-order valence-electron chi connectivity index (χ0n) is 14.2. The fraction of sp³-hybridized carbons (Fsp3) is 0.389. The molecule has 1 aromatic heterocycles. The van der Waals surface area contributed by atoms with Crippen LogP contribution in [0.4, 0.5) is 5.69 Å². The smallest absolute Gasteiger partial charge is 0.255 e. The second-order valence-corrected chi connectivity index (χ2v) is 5.97. The molecule has 1 aliphatic heterocycles. The Kier molecular flexibility index (Phi) is 5.45. The number of nitrogens with zero attached hydrogens (tertiary/aromatic N) is 3. The van der Waals surface area contributed by atoms with Gasteiger partial charge in [-0.2, -0.15) is 0 Å². The van der Waals surface area contributed by atoms with E-state index in [-0.39, 0.29) is 18.4 Å². The van der Waals surface area contributed by atoms with Crippen molar-refractivity contribution in [3.63, 3.8) is 0 Å². The molecule has 0 bridgehead atoms. The number of rotatable bonds is 5. The molecule has 1 aromatic carbocycles. The maximum Gasteiger partial charge on any atom is 0.255 e. The molecule has 25 heavy (non-hydrogen) atoms.